The zero-order valence-electron chi connectivity index (χ0n) is 11.5. The van der Waals surface area contributed by atoms with Gasteiger partial charge < -0.3 is 0 Å². The number of alkyl halides is 1. The standard InChI is InChI=1S/C14H19ClFNO2S/c1-11-3-2-7-17(8-6-11)20(18,19)14-5-4-12(10-15)9-13(14)16/h4-5,9,11H,2-3,6-8,10H2,1H3. The molecule has 0 aromatic heterocycles. The number of hydrogen-bond acceptors (Lipinski definition) is 2. The molecule has 0 saturated carbocycles. The van der Waals surface area contributed by atoms with Gasteiger partial charge in [0.1, 0.15) is 10.7 Å². The molecular weight excluding hydrogens is 301 g/mol. The molecule has 1 aliphatic heterocycles. The summed E-state index contributed by atoms with van der Waals surface area (Å²) in [6.45, 7) is 3.04. The van der Waals surface area contributed by atoms with E-state index in [0.29, 0.717) is 24.6 Å². The Bertz CT molecular complexity index is 577. The van der Waals surface area contributed by atoms with E-state index in [4.69, 9.17) is 11.6 Å². The molecular formula is C14H19ClFNO2S. The smallest absolute Gasteiger partial charge is 0.207 e. The van der Waals surface area contributed by atoms with Crippen LogP contribution in [0.1, 0.15) is 31.7 Å². The summed E-state index contributed by atoms with van der Waals surface area (Å²) >= 11 is 5.63. The van der Waals surface area contributed by atoms with Crippen LogP contribution in [0, 0.1) is 11.7 Å². The highest BCUT2D eigenvalue weighted by molar-refractivity contribution is 7.89. The molecule has 1 aromatic carbocycles. The predicted octanol–water partition coefficient (Wildman–Crippen LogP) is 3.38. The number of sulfonamides is 1. The third kappa shape index (κ3) is 3.32. The maximum absolute atomic E-state index is 14.0. The molecule has 112 valence electrons. The molecule has 0 amide bonds. The van der Waals surface area contributed by atoms with Crippen molar-refractivity contribution >= 4 is 21.6 Å². The van der Waals surface area contributed by atoms with Crippen molar-refractivity contribution in [2.24, 2.45) is 5.92 Å². The predicted molar refractivity (Wildman–Crippen MR) is 77.7 cm³/mol. The lowest BCUT2D eigenvalue weighted by molar-refractivity contribution is 0.413. The van der Waals surface area contributed by atoms with Gasteiger partial charge in [-0.25, -0.2) is 12.8 Å². The molecule has 3 nitrogen and oxygen atoms in total. The molecule has 1 aliphatic rings. The van der Waals surface area contributed by atoms with Crippen molar-refractivity contribution in [2.45, 2.75) is 37.0 Å². The second-order valence-corrected chi connectivity index (χ2v) is 7.51. The van der Waals surface area contributed by atoms with Crippen LogP contribution in [0.2, 0.25) is 0 Å². The maximum Gasteiger partial charge on any atom is 0.245 e. The van der Waals surface area contributed by atoms with E-state index in [9.17, 15) is 12.8 Å². The third-order valence-electron chi connectivity index (χ3n) is 3.74. The average Bonchev–Trinajstić information content (AvgIpc) is 2.63. The molecule has 2 rings (SSSR count). The Morgan fingerprint density at radius 1 is 1.35 bits per heavy atom. The fourth-order valence-electron chi connectivity index (χ4n) is 2.45. The Balaban J connectivity index is 2.30. The van der Waals surface area contributed by atoms with Gasteiger partial charge in [0.25, 0.3) is 0 Å². The van der Waals surface area contributed by atoms with Gasteiger partial charge in [-0.1, -0.05) is 13.0 Å². The molecule has 20 heavy (non-hydrogen) atoms. The first-order valence-electron chi connectivity index (χ1n) is 6.79. The topological polar surface area (TPSA) is 37.4 Å². The van der Waals surface area contributed by atoms with Gasteiger partial charge in [-0.05, 0) is 42.9 Å². The summed E-state index contributed by atoms with van der Waals surface area (Å²) in [6, 6.07) is 4.07. The van der Waals surface area contributed by atoms with Gasteiger partial charge in [-0.2, -0.15) is 4.31 Å². The summed E-state index contributed by atoms with van der Waals surface area (Å²) in [4.78, 5) is -0.249. The summed E-state index contributed by atoms with van der Waals surface area (Å²) < 4.78 is 40.4. The highest BCUT2D eigenvalue weighted by Crippen LogP contribution is 2.25. The molecule has 1 saturated heterocycles. The van der Waals surface area contributed by atoms with Crippen LogP contribution in [0.3, 0.4) is 0 Å². The van der Waals surface area contributed by atoms with Gasteiger partial charge in [0.15, 0.2) is 0 Å². The monoisotopic (exact) mass is 319 g/mol. The number of rotatable bonds is 3. The second-order valence-electron chi connectivity index (χ2n) is 5.34. The summed E-state index contributed by atoms with van der Waals surface area (Å²) in [7, 11) is -3.75. The van der Waals surface area contributed by atoms with E-state index < -0.39 is 15.8 Å². The molecule has 0 bridgehead atoms. The van der Waals surface area contributed by atoms with Crippen molar-refractivity contribution in [3.8, 4) is 0 Å². The number of halogens is 2. The summed E-state index contributed by atoms with van der Waals surface area (Å²) in [5, 5.41) is 0. The normalized spacial score (nSPS) is 21.6. The minimum atomic E-state index is -3.75. The molecule has 0 aliphatic carbocycles. The zero-order chi connectivity index (χ0) is 14.8. The highest BCUT2D eigenvalue weighted by Gasteiger charge is 2.29. The number of benzene rings is 1. The van der Waals surface area contributed by atoms with Crippen LogP contribution in [0.5, 0.6) is 0 Å². The largest absolute Gasteiger partial charge is 0.245 e. The van der Waals surface area contributed by atoms with E-state index in [2.05, 4.69) is 6.92 Å². The van der Waals surface area contributed by atoms with Crippen molar-refractivity contribution in [2.75, 3.05) is 13.1 Å². The Hall–Kier alpha value is -0.650. The Morgan fingerprint density at radius 2 is 2.10 bits per heavy atom. The first kappa shape index (κ1) is 15.7. The van der Waals surface area contributed by atoms with Gasteiger partial charge in [0.2, 0.25) is 10.0 Å². The maximum atomic E-state index is 14.0. The van der Waals surface area contributed by atoms with Crippen LogP contribution in [-0.2, 0) is 15.9 Å². The molecule has 1 fully saturated rings. The van der Waals surface area contributed by atoms with E-state index in [0.717, 1.165) is 19.3 Å². The Kier molecular flexibility index (Phi) is 5.04. The van der Waals surface area contributed by atoms with E-state index in [-0.39, 0.29) is 10.8 Å². The van der Waals surface area contributed by atoms with Gasteiger partial charge in [0.05, 0.1) is 0 Å². The average molecular weight is 320 g/mol. The fraction of sp³-hybridized carbons (Fsp3) is 0.571. The van der Waals surface area contributed by atoms with E-state index in [1.165, 1.54) is 16.4 Å². The summed E-state index contributed by atoms with van der Waals surface area (Å²) in [5.41, 5.74) is 0.576. The molecule has 0 radical (unpaired) electrons. The van der Waals surface area contributed by atoms with E-state index in [1.54, 1.807) is 6.07 Å². The van der Waals surface area contributed by atoms with Crippen LogP contribution in [0.25, 0.3) is 0 Å². The van der Waals surface area contributed by atoms with E-state index >= 15 is 0 Å². The second kappa shape index (κ2) is 6.41. The van der Waals surface area contributed by atoms with Crippen LogP contribution in [0.15, 0.2) is 23.1 Å². The molecule has 6 heteroatoms. The lowest BCUT2D eigenvalue weighted by Gasteiger charge is -2.20. The first-order chi connectivity index (χ1) is 9.45. The summed E-state index contributed by atoms with van der Waals surface area (Å²) in [5.74, 6) is -0.0440. The van der Waals surface area contributed by atoms with Crippen molar-refractivity contribution in [3.63, 3.8) is 0 Å². The molecule has 1 atom stereocenters. The van der Waals surface area contributed by atoms with Crippen LogP contribution < -0.4 is 0 Å². The van der Waals surface area contributed by atoms with Crippen molar-refractivity contribution in [3.05, 3.63) is 29.6 Å². The molecule has 1 aromatic rings. The van der Waals surface area contributed by atoms with Crippen molar-refractivity contribution in [1.29, 1.82) is 0 Å². The molecule has 0 spiro atoms. The van der Waals surface area contributed by atoms with Gasteiger partial charge in [-0.3, -0.25) is 0 Å². The van der Waals surface area contributed by atoms with Gasteiger partial charge in [0, 0.05) is 19.0 Å². The van der Waals surface area contributed by atoms with Crippen LogP contribution >= 0.6 is 11.6 Å². The fourth-order valence-corrected chi connectivity index (χ4v) is 4.16. The molecule has 0 N–H and O–H groups in total. The lowest BCUT2D eigenvalue weighted by atomic mass is 10.0. The summed E-state index contributed by atoms with van der Waals surface area (Å²) in [6.07, 6.45) is 2.65. The highest BCUT2D eigenvalue weighted by atomic mass is 35.5. The zero-order valence-corrected chi connectivity index (χ0v) is 13.1. The number of hydrogen-bond donors (Lipinski definition) is 0. The van der Waals surface area contributed by atoms with Crippen molar-refractivity contribution < 1.29 is 12.8 Å². The molecule has 1 heterocycles. The Labute approximate surface area is 124 Å². The molecule has 1 unspecified atom stereocenters. The van der Waals surface area contributed by atoms with Crippen LogP contribution in [0.4, 0.5) is 4.39 Å². The quantitative estimate of drug-likeness (QED) is 0.801. The van der Waals surface area contributed by atoms with E-state index in [1.807, 2.05) is 0 Å². The van der Waals surface area contributed by atoms with Gasteiger partial charge in [-0.15, -0.1) is 11.6 Å². The first-order valence-corrected chi connectivity index (χ1v) is 8.77. The SMILES string of the molecule is CC1CCCN(S(=O)(=O)c2ccc(CCl)cc2F)CC1. The third-order valence-corrected chi connectivity index (χ3v) is 5.98. The van der Waals surface area contributed by atoms with Gasteiger partial charge >= 0.3 is 0 Å². The Morgan fingerprint density at radius 3 is 2.75 bits per heavy atom. The van der Waals surface area contributed by atoms with Crippen molar-refractivity contribution in [1.82, 2.24) is 4.31 Å². The minimum absolute atomic E-state index is 0.165. The minimum Gasteiger partial charge on any atom is -0.207 e. The van der Waals surface area contributed by atoms with Crippen LogP contribution in [-0.4, -0.2) is 25.8 Å². The lowest BCUT2D eigenvalue weighted by Crippen LogP contribution is -2.32. The number of nitrogens with zero attached hydrogens (tertiary/aromatic N) is 1.